The summed E-state index contributed by atoms with van der Waals surface area (Å²) in [5.41, 5.74) is 2.80. The van der Waals surface area contributed by atoms with Crippen LogP contribution in [0.15, 0.2) is 18.3 Å². The molecular weight excluding hydrogens is 477 g/mol. The summed E-state index contributed by atoms with van der Waals surface area (Å²) in [5.74, 6) is 0.750. The number of alkyl halides is 3. The van der Waals surface area contributed by atoms with Crippen LogP contribution >= 0.6 is 11.3 Å². The molecule has 0 bridgehead atoms. The Morgan fingerprint density at radius 2 is 2.00 bits per heavy atom. The second kappa shape index (κ2) is 11.7. The first-order valence-corrected chi connectivity index (χ1v) is 13.2. The largest absolute Gasteiger partial charge is 0.460 e. The summed E-state index contributed by atoms with van der Waals surface area (Å²) >= 11 is 1.25. The van der Waals surface area contributed by atoms with Crippen LogP contribution in [-0.4, -0.2) is 59.2 Å². The highest BCUT2D eigenvalue weighted by molar-refractivity contribution is 7.13. The molecule has 1 N–H and O–H groups in total. The van der Waals surface area contributed by atoms with Crippen molar-refractivity contribution >= 4 is 17.2 Å². The van der Waals surface area contributed by atoms with Crippen LogP contribution in [0.5, 0.6) is 5.19 Å². The van der Waals surface area contributed by atoms with Gasteiger partial charge in [-0.2, -0.15) is 13.2 Å². The van der Waals surface area contributed by atoms with Gasteiger partial charge >= 0.3 is 6.18 Å². The van der Waals surface area contributed by atoms with E-state index in [-0.39, 0.29) is 17.1 Å². The van der Waals surface area contributed by atoms with E-state index in [9.17, 15) is 18.0 Å². The van der Waals surface area contributed by atoms with Gasteiger partial charge in [0.25, 0.3) is 5.19 Å². The first-order valence-electron chi connectivity index (χ1n) is 12.3. The molecule has 1 fully saturated rings. The van der Waals surface area contributed by atoms with E-state index in [1.54, 1.807) is 6.20 Å². The standard InChI is InChI=1S/C25H33F3N4O2S/c1-17-14-19(6-10-29-17)15-23(33)30-20-4-2-18(3-5-20)7-11-32-12-8-21-22(9-13-32)35-24(31-21)34-16-25(26,27)28/h6,10,14,18,20H,2-5,7-9,11-13,15-16H2,1H3,(H,30,33). The smallest absolute Gasteiger partial charge is 0.422 e. The third kappa shape index (κ3) is 8.17. The molecule has 4 rings (SSSR count). The number of aromatic nitrogens is 2. The van der Waals surface area contributed by atoms with Gasteiger partial charge in [-0.05, 0) is 75.6 Å². The summed E-state index contributed by atoms with van der Waals surface area (Å²) in [6.45, 7) is 3.43. The summed E-state index contributed by atoms with van der Waals surface area (Å²) < 4.78 is 41.9. The number of amides is 1. The zero-order valence-electron chi connectivity index (χ0n) is 20.1. The van der Waals surface area contributed by atoms with Crippen molar-refractivity contribution in [1.82, 2.24) is 20.2 Å². The monoisotopic (exact) mass is 510 g/mol. The van der Waals surface area contributed by atoms with E-state index in [0.29, 0.717) is 12.3 Å². The van der Waals surface area contributed by atoms with Crippen molar-refractivity contribution < 1.29 is 22.7 Å². The Balaban J connectivity index is 1.13. The predicted molar refractivity (Wildman–Crippen MR) is 129 cm³/mol. The van der Waals surface area contributed by atoms with Crippen LogP contribution in [0.1, 0.15) is 53.9 Å². The van der Waals surface area contributed by atoms with Crippen molar-refractivity contribution in [3.8, 4) is 5.19 Å². The molecule has 2 aromatic rings. The number of halogens is 3. The third-order valence-electron chi connectivity index (χ3n) is 6.83. The fourth-order valence-electron chi connectivity index (χ4n) is 4.95. The van der Waals surface area contributed by atoms with Crippen molar-refractivity contribution in [2.75, 3.05) is 26.2 Å². The number of hydrogen-bond donors (Lipinski definition) is 1. The van der Waals surface area contributed by atoms with Gasteiger partial charge in [0.15, 0.2) is 6.61 Å². The molecule has 6 nitrogen and oxygen atoms in total. The Hall–Kier alpha value is -2.20. The molecule has 0 spiro atoms. The molecule has 10 heteroatoms. The van der Waals surface area contributed by atoms with Gasteiger partial charge < -0.3 is 15.0 Å². The molecule has 1 aliphatic heterocycles. The highest BCUT2D eigenvalue weighted by Crippen LogP contribution is 2.31. The lowest BCUT2D eigenvalue weighted by atomic mass is 9.84. The van der Waals surface area contributed by atoms with Crippen LogP contribution in [0.2, 0.25) is 0 Å². The van der Waals surface area contributed by atoms with E-state index in [4.69, 9.17) is 4.74 Å². The summed E-state index contributed by atoms with van der Waals surface area (Å²) in [7, 11) is 0. The Bertz CT molecular complexity index is 964. The first kappa shape index (κ1) is 25.9. The number of nitrogens with one attached hydrogen (secondary N) is 1. The minimum absolute atomic E-state index is 0.0802. The average molecular weight is 511 g/mol. The fourth-order valence-corrected chi connectivity index (χ4v) is 5.90. The van der Waals surface area contributed by atoms with Crippen LogP contribution in [0, 0.1) is 12.8 Å². The van der Waals surface area contributed by atoms with Crippen LogP contribution in [0.4, 0.5) is 13.2 Å². The zero-order chi connectivity index (χ0) is 24.8. The van der Waals surface area contributed by atoms with Crippen molar-refractivity contribution in [3.63, 3.8) is 0 Å². The highest BCUT2D eigenvalue weighted by atomic mass is 32.1. The topological polar surface area (TPSA) is 67.4 Å². The van der Waals surface area contributed by atoms with E-state index >= 15 is 0 Å². The number of hydrogen-bond acceptors (Lipinski definition) is 6. The van der Waals surface area contributed by atoms with Gasteiger partial charge in [0.1, 0.15) is 0 Å². The third-order valence-corrected chi connectivity index (χ3v) is 7.90. The summed E-state index contributed by atoms with van der Waals surface area (Å²) in [5, 5.41) is 3.33. The Morgan fingerprint density at radius 1 is 1.23 bits per heavy atom. The number of nitrogens with zero attached hydrogens (tertiary/aromatic N) is 3. The van der Waals surface area contributed by atoms with Gasteiger partial charge in [-0.3, -0.25) is 9.78 Å². The number of rotatable bonds is 8. The lowest BCUT2D eigenvalue weighted by Gasteiger charge is -2.30. The average Bonchev–Trinajstić information content (AvgIpc) is 3.10. The number of ether oxygens (including phenoxy) is 1. The molecule has 2 aliphatic rings. The maximum absolute atomic E-state index is 12.4. The SMILES string of the molecule is Cc1cc(CC(=O)NC2CCC(CCN3CCc4nc(OCC(F)(F)F)sc4CC3)CC2)ccn1. The highest BCUT2D eigenvalue weighted by Gasteiger charge is 2.30. The van der Waals surface area contributed by atoms with Crippen LogP contribution in [-0.2, 0) is 24.1 Å². The molecule has 1 amide bonds. The maximum atomic E-state index is 12.4. The molecule has 1 saturated carbocycles. The molecule has 0 aromatic carbocycles. The molecule has 0 atom stereocenters. The van der Waals surface area contributed by atoms with Gasteiger partial charge in [-0.1, -0.05) is 11.3 Å². The van der Waals surface area contributed by atoms with Crippen LogP contribution in [0.3, 0.4) is 0 Å². The Morgan fingerprint density at radius 3 is 2.74 bits per heavy atom. The van der Waals surface area contributed by atoms with Gasteiger partial charge in [0, 0.05) is 42.3 Å². The van der Waals surface area contributed by atoms with E-state index in [1.807, 2.05) is 19.1 Å². The molecule has 1 aliphatic carbocycles. The number of carbonyl (C=O) groups excluding carboxylic acids is 1. The second-order valence-electron chi connectivity index (χ2n) is 9.65. The van der Waals surface area contributed by atoms with E-state index < -0.39 is 12.8 Å². The fraction of sp³-hybridized carbons (Fsp3) is 0.640. The number of carbonyl (C=O) groups is 1. The number of fused-ring (bicyclic) bond motifs is 1. The molecule has 3 heterocycles. The van der Waals surface area contributed by atoms with Gasteiger partial charge in [0.2, 0.25) is 5.91 Å². The minimum atomic E-state index is -4.34. The Labute approximate surface area is 208 Å². The van der Waals surface area contributed by atoms with Crippen LogP contribution in [0.25, 0.3) is 0 Å². The van der Waals surface area contributed by atoms with E-state index in [0.717, 1.165) is 86.4 Å². The quantitative estimate of drug-likeness (QED) is 0.567. The van der Waals surface area contributed by atoms with Crippen molar-refractivity contribution in [2.45, 2.75) is 70.5 Å². The van der Waals surface area contributed by atoms with Crippen molar-refractivity contribution in [2.24, 2.45) is 5.92 Å². The van der Waals surface area contributed by atoms with Gasteiger partial charge in [-0.15, -0.1) is 0 Å². The van der Waals surface area contributed by atoms with E-state index in [2.05, 4.69) is 20.2 Å². The molecule has 2 aromatic heterocycles. The summed E-state index contributed by atoms with van der Waals surface area (Å²) in [6.07, 6.45) is 4.78. The molecular formula is C25H33F3N4O2S. The molecule has 0 radical (unpaired) electrons. The number of thiazole rings is 1. The Kier molecular flexibility index (Phi) is 8.64. The maximum Gasteiger partial charge on any atom is 0.422 e. The first-order chi connectivity index (χ1) is 16.7. The number of aryl methyl sites for hydroxylation is 1. The summed E-state index contributed by atoms with van der Waals surface area (Å²) in [6, 6.07) is 4.10. The molecule has 192 valence electrons. The normalized spacial score (nSPS) is 21.3. The lowest BCUT2D eigenvalue weighted by molar-refractivity contribution is -0.153. The van der Waals surface area contributed by atoms with Crippen molar-refractivity contribution in [1.29, 1.82) is 0 Å². The minimum Gasteiger partial charge on any atom is -0.460 e. The van der Waals surface area contributed by atoms with E-state index in [1.165, 1.54) is 11.3 Å². The molecule has 0 saturated heterocycles. The van der Waals surface area contributed by atoms with Crippen molar-refractivity contribution in [3.05, 3.63) is 40.2 Å². The molecule has 35 heavy (non-hydrogen) atoms. The molecule has 0 unspecified atom stereocenters. The summed E-state index contributed by atoms with van der Waals surface area (Å²) in [4.78, 5) is 24.4. The second-order valence-corrected chi connectivity index (χ2v) is 10.7. The predicted octanol–water partition coefficient (Wildman–Crippen LogP) is 4.50. The van der Waals surface area contributed by atoms with Gasteiger partial charge in [-0.25, -0.2) is 4.98 Å². The van der Waals surface area contributed by atoms with Crippen LogP contribution < -0.4 is 10.1 Å². The number of pyridine rings is 1. The zero-order valence-corrected chi connectivity index (χ0v) is 20.9. The lowest BCUT2D eigenvalue weighted by Crippen LogP contribution is -2.39. The van der Waals surface area contributed by atoms with Gasteiger partial charge in [0.05, 0.1) is 12.1 Å².